The summed E-state index contributed by atoms with van der Waals surface area (Å²) >= 11 is 0. The van der Waals surface area contributed by atoms with E-state index < -0.39 is 0 Å². The summed E-state index contributed by atoms with van der Waals surface area (Å²) in [5, 5.41) is 0. The molecule has 0 aliphatic rings. The highest BCUT2D eigenvalue weighted by atomic mass is 16.2. The molecule has 0 heterocycles. The maximum absolute atomic E-state index is 12.1. The summed E-state index contributed by atoms with van der Waals surface area (Å²) in [6, 6.07) is 10.3. The molecule has 1 rings (SSSR count). The molecular formula is C18H31NO. The molecule has 0 radical (unpaired) electrons. The lowest BCUT2D eigenvalue weighted by Crippen LogP contribution is -2.31. The Morgan fingerprint density at radius 2 is 1.60 bits per heavy atom. The molecule has 0 spiro atoms. The van der Waals surface area contributed by atoms with E-state index in [9.17, 15) is 4.79 Å². The molecule has 0 unspecified atom stereocenters. The van der Waals surface area contributed by atoms with Crippen LogP contribution in [-0.2, 0) is 11.3 Å². The normalized spacial score (nSPS) is 9.60. The average molecular weight is 277 g/mol. The zero-order valence-electron chi connectivity index (χ0n) is 13.7. The van der Waals surface area contributed by atoms with Gasteiger partial charge < -0.3 is 4.90 Å². The van der Waals surface area contributed by atoms with Crippen LogP contribution in [0.4, 0.5) is 0 Å². The molecule has 114 valence electrons. The Labute approximate surface area is 125 Å². The smallest absolute Gasteiger partial charge is 0.222 e. The van der Waals surface area contributed by atoms with E-state index >= 15 is 0 Å². The molecule has 2 heteroatoms. The number of unbranched alkanes of at least 4 members (excludes halogenated alkanes) is 2. The Kier molecular flexibility index (Phi) is 11.9. The Hall–Kier alpha value is -1.31. The van der Waals surface area contributed by atoms with Crippen molar-refractivity contribution in [2.24, 2.45) is 0 Å². The standard InChI is InChI=1S/C16H25NO.C2H6/c1-3-5-12-16(18)17(13-6-4-2)14-15-10-8-7-9-11-15;1-2/h7-11H,3-6,12-14H2,1-2H3;1-2H3. The van der Waals surface area contributed by atoms with Gasteiger partial charge in [-0.3, -0.25) is 4.79 Å². The van der Waals surface area contributed by atoms with Gasteiger partial charge in [-0.2, -0.15) is 0 Å². The van der Waals surface area contributed by atoms with Gasteiger partial charge >= 0.3 is 0 Å². The van der Waals surface area contributed by atoms with E-state index in [1.165, 1.54) is 5.56 Å². The SMILES string of the molecule is CC.CCCCC(=O)N(CCCC)Cc1ccccc1. The molecule has 2 nitrogen and oxygen atoms in total. The highest BCUT2D eigenvalue weighted by Gasteiger charge is 2.12. The van der Waals surface area contributed by atoms with E-state index in [2.05, 4.69) is 26.0 Å². The molecule has 0 saturated carbocycles. The molecule has 20 heavy (non-hydrogen) atoms. The summed E-state index contributed by atoms with van der Waals surface area (Å²) in [5.41, 5.74) is 1.22. The average Bonchev–Trinajstić information content (AvgIpc) is 2.52. The number of amides is 1. The Morgan fingerprint density at radius 1 is 1.00 bits per heavy atom. The van der Waals surface area contributed by atoms with Crippen molar-refractivity contribution in [2.45, 2.75) is 66.3 Å². The molecule has 0 aliphatic carbocycles. The predicted octanol–water partition coefficient (Wildman–Crippen LogP) is 5.03. The van der Waals surface area contributed by atoms with Gasteiger partial charge in [-0.25, -0.2) is 0 Å². The number of hydrogen-bond donors (Lipinski definition) is 0. The van der Waals surface area contributed by atoms with Gasteiger partial charge in [0, 0.05) is 19.5 Å². The summed E-state index contributed by atoms with van der Waals surface area (Å²) in [5.74, 6) is 0.300. The van der Waals surface area contributed by atoms with Crippen molar-refractivity contribution >= 4 is 5.91 Å². The van der Waals surface area contributed by atoms with Crippen LogP contribution >= 0.6 is 0 Å². The first-order chi connectivity index (χ1) is 9.77. The van der Waals surface area contributed by atoms with E-state index in [1.807, 2.05) is 36.9 Å². The Balaban J connectivity index is 0.00000172. The van der Waals surface area contributed by atoms with Crippen molar-refractivity contribution in [3.8, 4) is 0 Å². The van der Waals surface area contributed by atoms with Crippen molar-refractivity contribution in [3.63, 3.8) is 0 Å². The third-order valence-electron chi connectivity index (χ3n) is 3.09. The van der Waals surface area contributed by atoms with E-state index in [-0.39, 0.29) is 0 Å². The second-order valence-electron chi connectivity index (χ2n) is 4.76. The Bertz CT molecular complexity index is 335. The minimum atomic E-state index is 0.300. The third kappa shape index (κ3) is 7.98. The molecule has 0 aliphatic heterocycles. The topological polar surface area (TPSA) is 20.3 Å². The number of nitrogens with zero attached hydrogens (tertiary/aromatic N) is 1. The highest BCUT2D eigenvalue weighted by Crippen LogP contribution is 2.09. The fourth-order valence-electron chi connectivity index (χ4n) is 1.93. The van der Waals surface area contributed by atoms with Crippen molar-refractivity contribution in [1.82, 2.24) is 4.90 Å². The quantitative estimate of drug-likeness (QED) is 0.652. The molecule has 1 aromatic carbocycles. The van der Waals surface area contributed by atoms with Gasteiger partial charge in [0.2, 0.25) is 5.91 Å². The zero-order chi connectivity index (χ0) is 15.2. The second-order valence-corrected chi connectivity index (χ2v) is 4.76. The van der Waals surface area contributed by atoms with Crippen LogP contribution in [0.25, 0.3) is 0 Å². The van der Waals surface area contributed by atoms with Crippen LogP contribution in [0.15, 0.2) is 30.3 Å². The predicted molar refractivity (Wildman–Crippen MR) is 87.6 cm³/mol. The zero-order valence-corrected chi connectivity index (χ0v) is 13.7. The van der Waals surface area contributed by atoms with Gasteiger partial charge in [-0.15, -0.1) is 0 Å². The van der Waals surface area contributed by atoms with Gasteiger partial charge in [-0.05, 0) is 18.4 Å². The fourth-order valence-corrected chi connectivity index (χ4v) is 1.93. The minimum absolute atomic E-state index is 0.300. The maximum Gasteiger partial charge on any atom is 0.222 e. The van der Waals surface area contributed by atoms with Crippen LogP contribution in [0.5, 0.6) is 0 Å². The van der Waals surface area contributed by atoms with Crippen LogP contribution in [0.1, 0.15) is 65.4 Å². The van der Waals surface area contributed by atoms with Crippen LogP contribution < -0.4 is 0 Å². The van der Waals surface area contributed by atoms with Crippen molar-refractivity contribution in [3.05, 3.63) is 35.9 Å². The lowest BCUT2D eigenvalue weighted by Gasteiger charge is -2.22. The second kappa shape index (κ2) is 12.7. The lowest BCUT2D eigenvalue weighted by molar-refractivity contribution is -0.132. The van der Waals surface area contributed by atoms with E-state index in [0.717, 1.165) is 38.8 Å². The molecule has 0 N–H and O–H groups in total. The third-order valence-corrected chi connectivity index (χ3v) is 3.09. The lowest BCUT2D eigenvalue weighted by atomic mass is 10.1. The van der Waals surface area contributed by atoms with Gasteiger partial charge in [0.15, 0.2) is 0 Å². The summed E-state index contributed by atoms with van der Waals surface area (Å²) in [4.78, 5) is 14.1. The molecule has 0 saturated heterocycles. The molecular weight excluding hydrogens is 246 g/mol. The largest absolute Gasteiger partial charge is 0.338 e. The first kappa shape index (κ1) is 18.7. The van der Waals surface area contributed by atoms with Crippen molar-refractivity contribution < 1.29 is 4.79 Å². The van der Waals surface area contributed by atoms with E-state index in [0.29, 0.717) is 12.3 Å². The van der Waals surface area contributed by atoms with E-state index in [1.54, 1.807) is 0 Å². The summed E-state index contributed by atoms with van der Waals surface area (Å²) < 4.78 is 0. The first-order valence-corrected chi connectivity index (χ1v) is 8.09. The van der Waals surface area contributed by atoms with Gasteiger partial charge in [0.1, 0.15) is 0 Å². The number of benzene rings is 1. The summed E-state index contributed by atoms with van der Waals surface area (Å²) in [7, 11) is 0. The fraction of sp³-hybridized carbons (Fsp3) is 0.611. The van der Waals surface area contributed by atoms with Crippen LogP contribution in [0, 0.1) is 0 Å². The first-order valence-electron chi connectivity index (χ1n) is 8.09. The van der Waals surface area contributed by atoms with Crippen molar-refractivity contribution in [2.75, 3.05) is 6.54 Å². The molecule has 1 aromatic rings. The molecule has 0 fully saturated rings. The summed E-state index contributed by atoms with van der Waals surface area (Å²) in [6.45, 7) is 9.93. The van der Waals surface area contributed by atoms with Gasteiger partial charge in [0.25, 0.3) is 0 Å². The molecule has 0 bridgehead atoms. The van der Waals surface area contributed by atoms with Crippen molar-refractivity contribution in [1.29, 1.82) is 0 Å². The number of carbonyl (C=O) groups is 1. The molecule has 1 amide bonds. The van der Waals surface area contributed by atoms with Gasteiger partial charge in [0.05, 0.1) is 0 Å². The van der Waals surface area contributed by atoms with Crippen LogP contribution in [0.3, 0.4) is 0 Å². The number of rotatable bonds is 8. The number of hydrogen-bond acceptors (Lipinski definition) is 1. The maximum atomic E-state index is 12.1. The molecule has 0 aromatic heterocycles. The van der Waals surface area contributed by atoms with Crippen LogP contribution in [-0.4, -0.2) is 17.4 Å². The highest BCUT2D eigenvalue weighted by molar-refractivity contribution is 5.76. The van der Waals surface area contributed by atoms with E-state index in [4.69, 9.17) is 0 Å². The monoisotopic (exact) mass is 277 g/mol. The summed E-state index contributed by atoms with van der Waals surface area (Å²) in [6.07, 6.45) is 4.99. The minimum Gasteiger partial charge on any atom is -0.338 e. The van der Waals surface area contributed by atoms with Crippen LogP contribution in [0.2, 0.25) is 0 Å². The number of carbonyl (C=O) groups excluding carboxylic acids is 1. The van der Waals surface area contributed by atoms with Gasteiger partial charge in [-0.1, -0.05) is 70.9 Å². The Morgan fingerprint density at radius 3 is 2.15 bits per heavy atom. The molecule has 0 atom stereocenters.